The van der Waals surface area contributed by atoms with Crippen molar-refractivity contribution in [3.8, 4) is 0 Å². The van der Waals surface area contributed by atoms with E-state index in [4.69, 9.17) is 11.6 Å². The van der Waals surface area contributed by atoms with Gasteiger partial charge in [0.15, 0.2) is 0 Å². The zero-order valence-corrected chi connectivity index (χ0v) is 13.7. The number of nitrogens with one attached hydrogen (secondary N) is 1. The molecule has 0 aliphatic heterocycles. The lowest BCUT2D eigenvalue weighted by molar-refractivity contribution is 0.102. The molecule has 0 saturated carbocycles. The van der Waals surface area contributed by atoms with Gasteiger partial charge in [-0.15, -0.1) is 0 Å². The second-order valence-corrected chi connectivity index (χ2v) is 5.76. The fraction of sp³-hybridized carbons (Fsp3) is 0.0714. The van der Waals surface area contributed by atoms with Crippen LogP contribution in [0, 0.1) is 0 Å². The molecule has 0 aliphatic carbocycles. The average Bonchev–Trinajstić information content (AvgIpc) is 2.41. The van der Waals surface area contributed by atoms with Gasteiger partial charge in [-0.05, 0) is 51.8 Å². The van der Waals surface area contributed by atoms with Crippen molar-refractivity contribution in [2.75, 3.05) is 5.32 Å². The molecular weight excluding hydrogens is 393 g/mol. The standard InChI is InChI=1S/C14H10Br2ClNO/c15-8-9-2-1-3-11(6-9)18-14(19)12-7-10(17)4-5-13(12)16/h1-7H,8H2,(H,18,19). The summed E-state index contributed by atoms with van der Waals surface area (Å²) in [6.45, 7) is 0. The van der Waals surface area contributed by atoms with E-state index < -0.39 is 0 Å². The van der Waals surface area contributed by atoms with Crippen molar-refractivity contribution in [2.24, 2.45) is 0 Å². The molecule has 2 aromatic rings. The minimum atomic E-state index is -0.193. The third-order valence-electron chi connectivity index (χ3n) is 2.51. The van der Waals surface area contributed by atoms with Crippen molar-refractivity contribution >= 4 is 55.1 Å². The van der Waals surface area contributed by atoms with Gasteiger partial charge < -0.3 is 5.32 Å². The van der Waals surface area contributed by atoms with Gasteiger partial charge in [0.1, 0.15) is 0 Å². The van der Waals surface area contributed by atoms with Gasteiger partial charge in [-0.3, -0.25) is 4.79 Å². The molecule has 2 nitrogen and oxygen atoms in total. The van der Waals surface area contributed by atoms with E-state index >= 15 is 0 Å². The number of rotatable bonds is 3. The molecule has 0 spiro atoms. The molecule has 0 bridgehead atoms. The quantitative estimate of drug-likeness (QED) is 0.697. The Morgan fingerprint density at radius 2 is 2.00 bits per heavy atom. The van der Waals surface area contributed by atoms with Crippen LogP contribution in [0.4, 0.5) is 5.69 Å². The van der Waals surface area contributed by atoms with Crippen LogP contribution in [0.15, 0.2) is 46.9 Å². The highest BCUT2D eigenvalue weighted by Crippen LogP contribution is 2.22. The maximum absolute atomic E-state index is 12.2. The Morgan fingerprint density at radius 3 is 2.74 bits per heavy atom. The molecule has 1 N–H and O–H groups in total. The van der Waals surface area contributed by atoms with Crippen molar-refractivity contribution < 1.29 is 4.79 Å². The van der Waals surface area contributed by atoms with E-state index in [2.05, 4.69) is 37.2 Å². The first kappa shape index (κ1) is 14.6. The molecule has 0 radical (unpaired) electrons. The normalized spacial score (nSPS) is 10.3. The Morgan fingerprint density at radius 1 is 1.21 bits per heavy atom. The predicted octanol–water partition coefficient (Wildman–Crippen LogP) is 5.25. The van der Waals surface area contributed by atoms with Crippen molar-refractivity contribution in [2.45, 2.75) is 5.33 Å². The summed E-state index contributed by atoms with van der Waals surface area (Å²) >= 11 is 12.6. The minimum Gasteiger partial charge on any atom is -0.322 e. The number of anilines is 1. The maximum atomic E-state index is 12.2. The van der Waals surface area contributed by atoms with Crippen LogP contribution in [0.5, 0.6) is 0 Å². The Bertz CT molecular complexity index is 616. The second-order valence-electron chi connectivity index (χ2n) is 3.91. The highest BCUT2D eigenvalue weighted by atomic mass is 79.9. The summed E-state index contributed by atoms with van der Waals surface area (Å²) in [6, 6.07) is 12.8. The van der Waals surface area contributed by atoms with E-state index in [1.807, 2.05) is 24.3 Å². The molecular formula is C14H10Br2ClNO. The van der Waals surface area contributed by atoms with Crippen LogP contribution in [0.2, 0.25) is 5.02 Å². The van der Waals surface area contributed by atoms with E-state index in [1.54, 1.807) is 18.2 Å². The summed E-state index contributed by atoms with van der Waals surface area (Å²) in [7, 11) is 0. The smallest absolute Gasteiger partial charge is 0.256 e. The summed E-state index contributed by atoms with van der Waals surface area (Å²) in [4.78, 5) is 12.2. The third-order valence-corrected chi connectivity index (χ3v) is 4.09. The molecule has 98 valence electrons. The van der Waals surface area contributed by atoms with Crippen molar-refractivity contribution in [3.63, 3.8) is 0 Å². The maximum Gasteiger partial charge on any atom is 0.256 e. The second kappa shape index (κ2) is 6.55. The minimum absolute atomic E-state index is 0.193. The first-order valence-corrected chi connectivity index (χ1v) is 7.80. The van der Waals surface area contributed by atoms with Gasteiger partial charge in [0.05, 0.1) is 5.56 Å². The number of benzene rings is 2. The molecule has 19 heavy (non-hydrogen) atoms. The molecule has 2 aromatic carbocycles. The summed E-state index contributed by atoms with van der Waals surface area (Å²) in [6.07, 6.45) is 0. The molecule has 0 aliphatic rings. The summed E-state index contributed by atoms with van der Waals surface area (Å²) in [5, 5.41) is 4.13. The number of carbonyl (C=O) groups is 1. The van der Waals surface area contributed by atoms with Crippen molar-refractivity contribution in [1.82, 2.24) is 0 Å². The fourth-order valence-corrected chi connectivity index (χ4v) is 2.55. The SMILES string of the molecule is O=C(Nc1cccc(CBr)c1)c1cc(Cl)ccc1Br. The van der Waals surface area contributed by atoms with E-state index in [0.29, 0.717) is 15.1 Å². The van der Waals surface area contributed by atoms with Gasteiger partial charge in [0, 0.05) is 20.5 Å². The van der Waals surface area contributed by atoms with Crippen LogP contribution >= 0.6 is 43.5 Å². The highest BCUT2D eigenvalue weighted by Gasteiger charge is 2.11. The molecule has 5 heteroatoms. The van der Waals surface area contributed by atoms with Crippen molar-refractivity contribution in [3.05, 3.63) is 63.1 Å². The van der Waals surface area contributed by atoms with Gasteiger partial charge in [-0.2, -0.15) is 0 Å². The van der Waals surface area contributed by atoms with Crippen LogP contribution in [-0.4, -0.2) is 5.91 Å². The number of alkyl halides is 1. The Balaban J connectivity index is 2.23. The molecule has 1 amide bonds. The van der Waals surface area contributed by atoms with Gasteiger partial charge >= 0.3 is 0 Å². The molecule has 0 atom stereocenters. The molecule has 0 aromatic heterocycles. The van der Waals surface area contributed by atoms with Gasteiger partial charge in [0.25, 0.3) is 5.91 Å². The zero-order chi connectivity index (χ0) is 13.8. The van der Waals surface area contributed by atoms with E-state index in [-0.39, 0.29) is 5.91 Å². The Hall–Kier alpha value is -0.840. The Labute approximate surface area is 133 Å². The van der Waals surface area contributed by atoms with Crippen LogP contribution < -0.4 is 5.32 Å². The van der Waals surface area contributed by atoms with Crippen LogP contribution in [-0.2, 0) is 5.33 Å². The largest absolute Gasteiger partial charge is 0.322 e. The molecule has 0 heterocycles. The lowest BCUT2D eigenvalue weighted by Crippen LogP contribution is -2.12. The summed E-state index contributed by atoms with van der Waals surface area (Å²) in [5.41, 5.74) is 2.37. The predicted molar refractivity (Wildman–Crippen MR) is 86.2 cm³/mol. The van der Waals surface area contributed by atoms with Crippen LogP contribution in [0.3, 0.4) is 0 Å². The molecule has 0 fully saturated rings. The number of hydrogen-bond acceptors (Lipinski definition) is 1. The summed E-state index contributed by atoms with van der Waals surface area (Å²) in [5.74, 6) is -0.193. The lowest BCUT2D eigenvalue weighted by atomic mass is 10.2. The average molecular weight is 404 g/mol. The van der Waals surface area contributed by atoms with Crippen LogP contribution in [0.25, 0.3) is 0 Å². The van der Waals surface area contributed by atoms with Gasteiger partial charge in [-0.1, -0.05) is 39.7 Å². The molecule has 2 rings (SSSR count). The number of carbonyl (C=O) groups excluding carboxylic acids is 1. The van der Waals surface area contributed by atoms with Gasteiger partial charge in [0.2, 0.25) is 0 Å². The van der Waals surface area contributed by atoms with Crippen molar-refractivity contribution in [1.29, 1.82) is 0 Å². The Kier molecular flexibility index (Phi) is 5.02. The zero-order valence-electron chi connectivity index (χ0n) is 9.79. The third kappa shape index (κ3) is 3.81. The number of halogens is 3. The molecule has 0 saturated heterocycles. The topological polar surface area (TPSA) is 29.1 Å². The van der Waals surface area contributed by atoms with E-state index in [1.165, 1.54) is 0 Å². The summed E-state index contributed by atoms with van der Waals surface area (Å²) < 4.78 is 0.714. The number of amides is 1. The van der Waals surface area contributed by atoms with Crippen LogP contribution in [0.1, 0.15) is 15.9 Å². The number of hydrogen-bond donors (Lipinski definition) is 1. The lowest BCUT2D eigenvalue weighted by Gasteiger charge is -2.08. The van der Waals surface area contributed by atoms with Gasteiger partial charge in [-0.25, -0.2) is 0 Å². The van der Waals surface area contributed by atoms with E-state index in [0.717, 1.165) is 16.6 Å². The van der Waals surface area contributed by atoms with E-state index in [9.17, 15) is 4.79 Å². The first-order valence-electron chi connectivity index (χ1n) is 5.51. The highest BCUT2D eigenvalue weighted by molar-refractivity contribution is 9.10. The fourth-order valence-electron chi connectivity index (χ4n) is 1.60. The molecule has 0 unspecified atom stereocenters. The first-order chi connectivity index (χ1) is 9.10. The monoisotopic (exact) mass is 401 g/mol.